The lowest BCUT2D eigenvalue weighted by Gasteiger charge is -2.23. The second-order valence-electron chi connectivity index (χ2n) is 5.07. The molecular weight excluding hydrogens is 288 g/mol. The van der Waals surface area contributed by atoms with Gasteiger partial charge in [-0.3, -0.25) is 0 Å². The summed E-state index contributed by atoms with van der Waals surface area (Å²) in [5.41, 5.74) is 0.0652. The Balaban J connectivity index is 1.78. The van der Waals surface area contributed by atoms with Crippen LogP contribution in [0.5, 0.6) is 5.75 Å². The van der Waals surface area contributed by atoms with E-state index in [1.807, 2.05) is 5.38 Å². The van der Waals surface area contributed by atoms with Crippen LogP contribution in [-0.4, -0.2) is 29.2 Å². The van der Waals surface area contributed by atoms with Crippen LogP contribution in [0.3, 0.4) is 0 Å². The summed E-state index contributed by atoms with van der Waals surface area (Å²) in [6, 6.07) is 6.39. The number of benzene rings is 1. The fourth-order valence-electron chi connectivity index (χ4n) is 1.83. The number of carboxylic acid groups (broad SMARTS) is 1. The van der Waals surface area contributed by atoms with Gasteiger partial charge in [0, 0.05) is 18.1 Å². The molecule has 6 heteroatoms. The van der Waals surface area contributed by atoms with E-state index < -0.39 is 5.97 Å². The minimum Gasteiger partial charge on any atom is -0.492 e. The van der Waals surface area contributed by atoms with Crippen LogP contribution in [0.4, 0.5) is 0 Å². The molecule has 0 aliphatic carbocycles. The quantitative estimate of drug-likeness (QED) is 0.770. The minimum atomic E-state index is -0.937. The smallest absolute Gasteiger partial charge is 0.335 e. The first-order chi connectivity index (χ1) is 9.99. The van der Waals surface area contributed by atoms with Crippen LogP contribution in [0.1, 0.15) is 29.2 Å². The van der Waals surface area contributed by atoms with E-state index in [4.69, 9.17) is 9.84 Å². The summed E-state index contributed by atoms with van der Waals surface area (Å²) in [7, 11) is 0. The highest BCUT2D eigenvalue weighted by Crippen LogP contribution is 2.21. The summed E-state index contributed by atoms with van der Waals surface area (Å²) in [5, 5.41) is 15.2. The van der Waals surface area contributed by atoms with Gasteiger partial charge in [-0.15, -0.1) is 11.3 Å². The Kier molecular flexibility index (Phi) is 4.93. The first-order valence-corrected chi connectivity index (χ1v) is 7.48. The van der Waals surface area contributed by atoms with Crippen LogP contribution in [0.25, 0.3) is 0 Å². The number of carbonyl (C=O) groups is 1. The Morgan fingerprint density at radius 1 is 1.38 bits per heavy atom. The zero-order valence-electron chi connectivity index (χ0n) is 12.0. The predicted molar refractivity (Wildman–Crippen MR) is 82.0 cm³/mol. The zero-order chi connectivity index (χ0) is 15.3. The van der Waals surface area contributed by atoms with Gasteiger partial charge in [-0.2, -0.15) is 0 Å². The van der Waals surface area contributed by atoms with Crippen molar-refractivity contribution >= 4 is 17.3 Å². The molecule has 0 saturated heterocycles. The van der Waals surface area contributed by atoms with Crippen LogP contribution >= 0.6 is 11.3 Å². The lowest BCUT2D eigenvalue weighted by Crippen LogP contribution is -2.38. The van der Waals surface area contributed by atoms with Crippen molar-refractivity contribution < 1.29 is 14.6 Å². The number of hydrogen-bond donors (Lipinski definition) is 2. The highest BCUT2D eigenvalue weighted by Gasteiger charge is 2.21. The third-order valence-corrected chi connectivity index (χ3v) is 4.10. The third-order valence-electron chi connectivity index (χ3n) is 3.01. The molecule has 1 aromatic heterocycles. The number of nitrogens with one attached hydrogen (secondary N) is 1. The number of rotatable bonds is 7. The van der Waals surface area contributed by atoms with Gasteiger partial charge in [0.05, 0.1) is 11.1 Å². The summed E-state index contributed by atoms with van der Waals surface area (Å²) in [6.07, 6.45) is 1.80. The van der Waals surface area contributed by atoms with Gasteiger partial charge in [-0.25, -0.2) is 9.78 Å². The Morgan fingerprint density at radius 3 is 2.67 bits per heavy atom. The molecular formula is C15H18N2O3S. The van der Waals surface area contributed by atoms with Crippen molar-refractivity contribution in [2.24, 2.45) is 0 Å². The van der Waals surface area contributed by atoms with Crippen molar-refractivity contribution in [1.82, 2.24) is 10.3 Å². The molecule has 2 rings (SSSR count). The van der Waals surface area contributed by atoms with Crippen molar-refractivity contribution in [3.8, 4) is 5.75 Å². The molecule has 0 spiro atoms. The molecule has 0 aliphatic rings. The molecule has 0 saturated carbocycles. The number of nitrogens with zero attached hydrogens (tertiary/aromatic N) is 1. The van der Waals surface area contributed by atoms with Gasteiger partial charge in [0.1, 0.15) is 17.4 Å². The number of hydrogen-bond acceptors (Lipinski definition) is 5. The van der Waals surface area contributed by atoms with E-state index in [9.17, 15) is 4.79 Å². The van der Waals surface area contributed by atoms with Crippen molar-refractivity contribution in [2.45, 2.75) is 19.4 Å². The summed E-state index contributed by atoms with van der Waals surface area (Å²) in [4.78, 5) is 15.1. The Labute approximate surface area is 127 Å². The van der Waals surface area contributed by atoms with Crippen molar-refractivity contribution in [3.05, 3.63) is 46.4 Å². The Morgan fingerprint density at radius 2 is 2.10 bits per heavy atom. The lowest BCUT2D eigenvalue weighted by atomic mass is 10.1. The van der Waals surface area contributed by atoms with Crippen molar-refractivity contribution in [2.75, 3.05) is 13.2 Å². The molecule has 21 heavy (non-hydrogen) atoms. The highest BCUT2D eigenvalue weighted by molar-refractivity contribution is 7.09. The second kappa shape index (κ2) is 6.69. The van der Waals surface area contributed by atoms with Crippen molar-refractivity contribution in [1.29, 1.82) is 0 Å². The predicted octanol–water partition coefficient (Wildman–Crippen LogP) is 2.75. The van der Waals surface area contributed by atoms with Crippen LogP contribution in [-0.2, 0) is 5.54 Å². The molecule has 112 valence electrons. The summed E-state index contributed by atoms with van der Waals surface area (Å²) < 4.78 is 5.58. The zero-order valence-corrected chi connectivity index (χ0v) is 12.8. The first kappa shape index (κ1) is 15.5. The summed E-state index contributed by atoms with van der Waals surface area (Å²) in [5.74, 6) is -0.276. The van der Waals surface area contributed by atoms with Crippen molar-refractivity contribution in [3.63, 3.8) is 0 Å². The maximum absolute atomic E-state index is 10.7. The Hall–Kier alpha value is -1.92. The van der Waals surface area contributed by atoms with Gasteiger partial charge >= 0.3 is 5.97 Å². The summed E-state index contributed by atoms with van der Waals surface area (Å²) >= 11 is 1.62. The monoisotopic (exact) mass is 306 g/mol. The molecule has 1 heterocycles. The maximum Gasteiger partial charge on any atom is 0.335 e. The van der Waals surface area contributed by atoms with Crippen LogP contribution < -0.4 is 10.1 Å². The fourth-order valence-corrected chi connectivity index (χ4v) is 2.57. The minimum absolute atomic E-state index is 0.190. The first-order valence-electron chi connectivity index (χ1n) is 6.60. The van der Waals surface area contributed by atoms with Gasteiger partial charge in [0.2, 0.25) is 0 Å². The van der Waals surface area contributed by atoms with Crippen LogP contribution in [0.2, 0.25) is 0 Å². The molecule has 1 aromatic carbocycles. The van der Waals surface area contributed by atoms with E-state index in [0.29, 0.717) is 18.9 Å². The SMILES string of the molecule is CC(C)(NCCOc1ccc(C(=O)O)cc1)c1nccs1. The molecule has 5 nitrogen and oxygen atoms in total. The van der Waals surface area contributed by atoms with E-state index in [1.54, 1.807) is 29.7 Å². The number of thiazole rings is 1. The van der Waals surface area contributed by atoms with E-state index in [2.05, 4.69) is 24.1 Å². The van der Waals surface area contributed by atoms with Gasteiger partial charge in [-0.1, -0.05) is 0 Å². The average Bonchev–Trinajstić information content (AvgIpc) is 2.99. The van der Waals surface area contributed by atoms with Gasteiger partial charge in [0.15, 0.2) is 0 Å². The second-order valence-corrected chi connectivity index (χ2v) is 5.96. The Bertz CT molecular complexity index is 579. The van der Waals surface area contributed by atoms with Crippen LogP contribution in [0, 0.1) is 0 Å². The number of aromatic nitrogens is 1. The van der Waals surface area contributed by atoms with Crippen LogP contribution in [0.15, 0.2) is 35.8 Å². The number of ether oxygens (including phenoxy) is 1. The molecule has 0 atom stereocenters. The molecule has 0 radical (unpaired) electrons. The number of carboxylic acids is 1. The fraction of sp³-hybridized carbons (Fsp3) is 0.333. The average molecular weight is 306 g/mol. The normalized spacial score (nSPS) is 11.3. The molecule has 0 aliphatic heterocycles. The summed E-state index contributed by atoms with van der Waals surface area (Å²) in [6.45, 7) is 5.33. The molecule has 0 unspecified atom stereocenters. The lowest BCUT2D eigenvalue weighted by molar-refractivity contribution is 0.0697. The molecule has 2 aromatic rings. The maximum atomic E-state index is 10.7. The molecule has 0 amide bonds. The van der Waals surface area contributed by atoms with E-state index >= 15 is 0 Å². The van der Waals surface area contributed by atoms with E-state index in [0.717, 1.165) is 5.01 Å². The highest BCUT2D eigenvalue weighted by atomic mass is 32.1. The largest absolute Gasteiger partial charge is 0.492 e. The van der Waals surface area contributed by atoms with E-state index in [1.165, 1.54) is 12.1 Å². The van der Waals surface area contributed by atoms with Gasteiger partial charge in [-0.05, 0) is 38.1 Å². The molecule has 0 fully saturated rings. The van der Waals surface area contributed by atoms with Gasteiger partial charge < -0.3 is 15.2 Å². The van der Waals surface area contributed by atoms with E-state index in [-0.39, 0.29) is 11.1 Å². The standard InChI is InChI=1S/C15H18N2O3S/c1-15(2,14-16-8-10-21-14)17-7-9-20-12-5-3-11(4-6-12)13(18)19/h3-6,8,10,17H,7,9H2,1-2H3,(H,18,19). The molecule has 2 N–H and O–H groups in total. The molecule has 0 bridgehead atoms. The third kappa shape index (κ3) is 4.27. The van der Waals surface area contributed by atoms with Gasteiger partial charge in [0.25, 0.3) is 0 Å². The topological polar surface area (TPSA) is 71.5 Å². The number of aromatic carboxylic acids is 1.